The molecule has 0 fully saturated rings. The van der Waals surface area contributed by atoms with E-state index in [2.05, 4.69) is 132 Å². The molecule has 0 spiro atoms. The molecule has 3 aromatic heterocycles. The Morgan fingerprint density at radius 3 is 2.10 bits per heavy atom. The molecule has 0 unspecified atom stereocenters. The quantitative estimate of drug-likeness (QED) is 0.139. The van der Waals surface area contributed by atoms with Gasteiger partial charge in [0.2, 0.25) is 0 Å². The summed E-state index contributed by atoms with van der Waals surface area (Å²) in [4.78, 5) is 4.74. The highest BCUT2D eigenvalue weighted by Gasteiger charge is 2.21. The zero-order valence-corrected chi connectivity index (χ0v) is 30.5. The van der Waals surface area contributed by atoms with E-state index >= 15 is 0 Å². The Kier molecular flexibility index (Phi) is 9.33. The fourth-order valence-electron chi connectivity index (χ4n) is 7.47. The summed E-state index contributed by atoms with van der Waals surface area (Å²) in [5.74, 6) is 3.56. The number of fused-ring (bicyclic) bond motifs is 3. The minimum Gasteiger partial charge on any atom is -0.457 e. The van der Waals surface area contributed by atoms with Crippen molar-refractivity contribution in [3.05, 3.63) is 131 Å². The SMILES string of the molecule is CCc1cc(CC)c(CC(C)C)c(-c2cnn(-c3cccc(Oc4ccc5c6ccccc6n(-c6cc(C)ccn6)c5c4)c3)c2)c1CC(C)C. The van der Waals surface area contributed by atoms with E-state index in [1.54, 1.807) is 0 Å². The maximum atomic E-state index is 6.56. The van der Waals surface area contributed by atoms with Gasteiger partial charge < -0.3 is 4.74 Å². The molecule has 0 aliphatic heterocycles. The van der Waals surface area contributed by atoms with Crippen LogP contribution in [0.3, 0.4) is 0 Å². The van der Waals surface area contributed by atoms with Crippen LogP contribution in [0.1, 0.15) is 69.4 Å². The van der Waals surface area contributed by atoms with Gasteiger partial charge in [-0.2, -0.15) is 5.10 Å². The van der Waals surface area contributed by atoms with Crippen molar-refractivity contribution in [1.29, 1.82) is 0 Å². The van der Waals surface area contributed by atoms with Crippen LogP contribution < -0.4 is 4.74 Å². The summed E-state index contributed by atoms with van der Waals surface area (Å²) in [5, 5.41) is 7.29. The lowest BCUT2D eigenvalue weighted by Gasteiger charge is -2.23. The number of ether oxygens (including phenoxy) is 1. The zero-order valence-electron chi connectivity index (χ0n) is 30.5. The lowest BCUT2D eigenvalue weighted by molar-refractivity contribution is 0.483. The molecule has 5 nitrogen and oxygen atoms in total. The molecule has 7 rings (SSSR count). The molecule has 0 saturated carbocycles. The first kappa shape index (κ1) is 33.3. The Labute approximate surface area is 296 Å². The van der Waals surface area contributed by atoms with Crippen molar-refractivity contribution in [2.24, 2.45) is 11.8 Å². The molecule has 7 aromatic rings. The normalized spacial score (nSPS) is 11.8. The molecule has 0 atom stereocenters. The number of nitrogens with zero attached hydrogens (tertiary/aromatic N) is 4. The van der Waals surface area contributed by atoms with Crippen molar-refractivity contribution in [2.75, 3.05) is 0 Å². The second-order valence-corrected chi connectivity index (χ2v) is 14.4. The van der Waals surface area contributed by atoms with Gasteiger partial charge in [0.15, 0.2) is 0 Å². The molecule has 0 radical (unpaired) electrons. The van der Waals surface area contributed by atoms with E-state index in [0.29, 0.717) is 11.8 Å². The van der Waals surface area contributed by atoms with E-state index in [9.17, 15) is 0 Å². The molecule has 4 aromatic carbocycles. The second-order valence-electron chi connectivity index (χ2n) is 14.4. The average Bonchev–Trinajstić information content (AvgIpc) is 3.71. The number of pyridine rings is 1. The molecule has 0 aliphatic carbocycles. The van der Waals surface area contributed by atoms with Crippen molar-refractivity contribution in [1.82, 2.24) is 19.3 Å². The number of benzene rings is 4. The molecule has 50 heavy (non-hydrogen) atoms. The summed E-state index contributed by atoms with van der Waals surface area (Å²) >= 11 is 0. The molecule has 0 amide bonds. The third-order valence-electron chi connectivity index (χ3n) is 9.68. The van der Waals surface area contributed by atoms with E-state index in [0.717, 1.165) is 59.7 Å². The van der Waals surface area contributed by atoms with Gasteiger partial charge in [-0.25, -0.2) is 9.67 Å². The van der Waals surface area contributed by atoms with Gasteiger partial charge in [0.1, 0.15) is 17.3 Å². The smallest absolute Gasteiger partial charge is 0.137 e. The van der Waals surface area contributed by atoms with Crippen LogP contribution in [-0.2, 0) is 25.7 Å². The largest absolute Gasteiger partial charge is 0.457 e. The van der Waals surface area contributed by atoms with Gasteiger partial charge in [-0.1, -0.05) is 71.9 Å². The van der Waals surface area contributed by atoms with Crippen LogP contribution in [0.4, 0.5) is 0 Å². The van der Waals surface area contributed by atoms with E-state index in [1.165, 1.54) is 49.7 Å². The minimum atomic E-state index is 0.566. The summed E-state index contributed by atoms with van der Waals surface area (Å²) in [7, 11) is 0. The Morgan fingerprint density at radius 2 is 1.40 bits per heavy atom. The van der Waals surface area contributed by atoms with Crippen molar-refractivity contribution in [3.8, 4) is 34.1 Å². The summed E-state index contributed by atoms with van der Waals surface area (Å²) in [5.41, 5.74) is 12.8. The molecule has 254 valence electrons. The maximum absolute atomic E-state index is 6.56. The third-order valence-corrected chi connectivity index (χ3v) is 9.68. The number of hydrogen-bond donors (Lipinski definition) is 0. The first-order valence-electron chi connectivity index (χ1n) is 18.2. The van der Waals surface area contributed by atoms with Gasteiger partial charge in [-0.15, -0.1) is 0 Å². The standard InChI is InChI=1S/C45H48N4O/c1-8-32-24-33(9-2)41(22-30(5)6)45(40(32)21-29(3)4)34-27-47-48(28-34)35-13-12-14-36(25-35)50-37-17-18-39-38-15-10-11-16-42(38)49(43(39)26-37)44-23-31(7)19-20-46-44/h10-20,23-30H,8-9,21-22H2,1-7H3. The number of aromatic nitrogens is 4. The molecule has 5 heteroatoms. The van der Waals surface area contributed by atoms with Crippen LogP contribution in [-0.4, -0.2) is 19.3 Å². The number of para-hydroxylation sites is 1. The number of rotatable bonds is 11. The summed E-state index contributed by atoms with van der Waals surface area (Å²) in [6, 6.07) is 29.7. The van der Waals surface area contributed by atoms with Crippen LogP contribution >= 0.6 is 0 Å². The Balaban J connectivity index is 1.26. The molecule has 3 heterocycles. The van der Waals surface area contributed by atoms with E-state index < -0.39 is 0 Å². The van der Waals surface area contributed by atoms with Crippen molar-refractivity contribution >= 4 is 21.8 Å². The van der Waals surface area contributed by atoms with Gasteiger partial charge >= 0.3 is 0 Å². The highest BCUT2D eigenvalue weighted by molar-refractivity contribution is 6.09. The van der Waals surface area contributed by atoms with Crippen molar-refractivity contribution in [2.45, 2.75) is 74.1 Å². The van der Waals surface area contributed by atoms with Crippen LogP contribution in [0.25, 0.3) is 44.4 Å². The number of hydrogen-bond acceptors (Lipinski definition) is 3. The fraction of sp³-hybridized carbons (Fsp3) is 0.289. The topological polar surface area (TPSA) is 44.9 Å². The van der Waals surface area contributed by atoms with Crippen LogP contribution in [0.2, 0.25) is 0 Å². The van der Waals surface area contributed by atoms with Gasteiger partial charge in [0.25, 0.3) is 0 Å². The molecular formula is C45H48N4O. The summed E-state index contributed by atoms with van der Waals surface area (Å²) in [6.07, 6.45) is 10.3. The molecule has 0 bridgehead atoms. The second kappa shape index (κ2) is 14.0. The van der Waals surface area contributed by atoms with Crippen LogP contribution in [0.15, 0.2) is 104 Å². The Bertz CT molecular complexity index is 2270. The van der Waals surface area contributed by atoms with E-state index in [4.69, 9.17) is 14.8 Å². The first-order valence-corrected chi connectivity index (χ1v) is 18.2. The van der Waals surface area contributed by atoms with Crippen molar-refractivity contribution < 1.29 is 4.74 Å². The van der Waals surface area contributed by atoms with Gasteiger partial charge in [0.05, 0.1) is 22.9 Å². The fourth-order valence-corrected chi connectivity index (χ4v) is 7.47. The Hall–Kier alpha value is -5.16. The highest BCUT2D eigenvalue weighted by atomic mass is 16.5. The number of aryl methyl sites for hydroxylation is 3. The summed E-state index contributed by atoms with van der Waals surface area (Å²) in [6.45, 7) is 16.0. The van der Waals surface area contributed by atoms with Crippen LogP contribution in [0, 0.1) is 18.8 Å². The Morgan fingerprint density at radius 1 is 0.700 bits per heavy atom. The van der Waals surface area contributed by atoms with Gasteiger partial charge in [0, 0.05) is 40.9 Å². The van der Waals surface area contributed by atoms with E-state index in [-0.39, 0.29) is 0 Å². The maximum Gasteiger partial charge on any atom is 0.137 e. The predicted octanol–water partition coefficient (Wildman–Crippen LogP) is 11.7. The highest BCUT2D eigenvalue weighted by Crippen LogP contribution is 2.38. The van der Waals surface area contributed by atoms with Gasteiger partial charge in [-0.3, -0.25) is 4.57 Å². The lowest BCUT2D eigenvalue weighted by Crippen LogP contribution is -2.10. The van der Waals surface area contributed by atoms with Crippen LogP contribution in [0.5, 0.6) is 11.5 Å². The average molecular weight is 661 g/mol. The molecular weight excluding hydrogens is 613 g/mol. The predicted molar refractivity (Wildman–Crippen MR) is 208 cm³/mol. The van der Waals surface area contributed by atoms with Gasteiger partial charge in [-0.05, 0) is 120 Å². The molecule has 0 saturated heterocycles. The first-order chi connectivity index (χ1) is 24.2. The summed E-state index contributed by atoms with van der Waals surface area (Å²) < 4.78 is 10.8. The monoisotopic (exact) mass is 660 g/mol. The van der Waals surface area contributed by atoms with Crippen molar-refractivity contribution in [3.63, 3.8) is 0 Å². The minimum absolute atomic E-state index is 0.566. The zero-order chi connectivity index (χ0) is 34.9. The molecule has 0 aliphatic rings. The lowest BCUT2D eigenvalue weighted by atomic mass is 9.81. The molecule has 0 N–H and O–H groups in total. The third kappa shape index (κ3) is 6.45. The van der Waals surface area contributed by atoms with E-state index in [1.807, 2.05) is 29.1 Å².